The van der Waals surface area contributed by atoms with E-state index < -0.39 is 18.0 Å². The van der Waals surface area contributed by atoms with Crippen LogP contribution in [0.3, 0.4) is 0 Å². The quantitative estimate of drug-likeness (QED) is 0.872. The van der Waals surface area contributed by atoms with Crippen LogP contribution >= 0.6 is 0 Å². The number of anilines is 1. The molecule has 0 unspecified atom stereocenters. The zero-order valence-corrected chi connectivity index (χ0v) is 9.47. The van der Waals surface area contributed by atoms with E-state index in [0.717, 1.165) is 0 Å². The molecular weight excluding hydrogens is 249 g/mol. The summed E-state index contributed by atoms with van der Waals surface area (Å²) in [5.74, 6) is -2.49. The number of hydrogen-bond acceptors (Lipinski definition) is 2. The molecule has 0 spiro atoms. The predicted octanol–water partition coefficient (Wildman–Crippen LogP) is 1.94. The Morgan fingerprint density at radius 3 is 2.50 bits per heavy atom. The maximum absolute atomic E-state index is 12.0. The van der Waals surface area contributed by atoms with E-state index in [2.05, 4.69) is 5.32 Å². The molecule has 0 aromatic heterocycles. The van der Waals surface area contributed by atoms with E-state index in [1.807, 2.05) is 0 Å². The molecule has 2 amide bonds. The van der Waals surface area contributed by atoms with Crippen LogP contribution in [0, 0.1) is 0 Å². The topological polar surface area (TPSA) is 58.2 Å². The lowest BCUT2D eigenvalue weighted by atomic mass is 10.2. The Morgan fingerprint density at radius 2 is 1.94 bits per heavy atom. The fraction of sp³-hybridized carbons (Fsp3) is 0.273. The third-order valence-corrected chi connectivity index (χ3v) is 1.98. The SMILES string of the molecule is CCNC(=O)c1cccc(NC(=O)C(F)(F)F)c1. The fourth-order valence-corrected chi connectivity index (χ4v) is 1.20. The summed E-state index contributed by atoms with van der Waals surface area (Å²) in [7, 11) is 0. The lowest BCUT2D eigenvalue weighted by molar-refractivity contribution is -0.167. The van der Waals surface area contributed by atoms with Crippen LogP contribution in [0.1, 0.15) is 17.3 Å². The summed E-state index contributed by atoms with van der Waals surface area (Å²) in [5.41, 5.74) is 0.0953. The highest BCUT2D eigenvalue weighted by molar-refractivity contribution is 5.98. The van der Waals surface area contributed by atoms with Crippen molar-refractivity contribution in [3.8, 4) is 0 Å². The van der Waals surface area contributed by atoms with Crippen LogP contribution in [0.25, 0.3) is 0 Å². The van der Waals surface area contributed by atoms with E-state index in [-0.39, 0.29) is 11.3 Å². The average molecular weight is 260 g/mol. The van der Waals surface area contributed by atoms with Crippen LogP contribution in [0.2, 0.25) is 0 Å². The highest BCUT2D eigenvalue weighted by Crippen LogP contribution is 2.18. The minimum atomic E-state index is -4.96. The van der Waals surface area contributed by atoms with E-state index >= 15 is 0 Å². The van der Waals surface area contributed by atoms with E-state index in [1.54, 1.807) is 12.2 Å². The van der Waals surface area contributed by atoms with Gasteiger partial charge in [0, 0.05) is 17.8 Å². The first kappa shape index (κ1) is 14.0. The number of amides is 2. The number of rotatable bonds is 3. The highest BCUT2D eigenvalue weighted by atomic mass is 19.4. The van der Waals surface area contributed by atoms with Crippen LogP contribution in [-0.4, -0.2) is 24.5 Å². The molecule has 0 aliphatic carbocycles. The number of nitrogens with one attached hydrogen (secondary N) is 2. The molecule has 1 aromatic carbocycles. The van der Waals surface area contributed by atoms with Gasteiger partial charge in [-0.3, -0.25) is 9.59 Å². The third-order valence-electron chi connectivity index (χ3n) is 1.98. The molecule has 0 heterocycles. The van der Waals surface area contributed by atoms with Crippen molar-refractivity contribution in [1.29, 1.82) is 0 Å². The molecular formula is C11H11F3N2O2. The maximum Gasteiger partial charge on any atom is 0.471 e. The number of carbonyl (C=O) groups is 2. The van der Waals surface area contributed by atoms with Crippen molar-refractivity contribution in [3.05, 3.63) is 29.8 Å². The van der Waals surface area contributed by atoms with Gasteiger partial charge in [0.2, 0.25) is 0 Å². The minimum Gasteiger partial charge on any atom is -0.352 e. The van der Waals surface area contributed by atoms with Crippen molar-refractivity contribution in [2.45, 2.75) is 13.1 Å². The van der Waals surface area contributed by atoms with Crippen LogP contribution in [0.5, 0.6) is 0 Å². The van der Waals surface area contributed by atoms with Gasteiger partial charge in [0.05, 0.1) is 0 Å². The minimum absolute atomic E-state index is 0.0823. The van der Waals surface area contributed by atoms with Crippen molar-refractivity contribution >= 4 is 17.5 Å². The van der Waals surface area contributed by atoms with Gasteiger partial charge in [-0.05, 0) is 25.1 Å². The second-order valence-corrected chi connectivity index (χ2v) is 3.39. The molecule has 4 nitrogen and oxygen atoms in total. The zero-order chi connectivity index (χ0) is 13.8. The van der Waals surface area contributed by atoms with Gasteiger partial charge in [-0.2, -0.15) is 13.2 Å². The van der Waals surface area contributed by atoms with Crippen LogP contribution < -0.4 is 10.6 Å². The number of halogens is 3. The molecule has 0 radical (unpaired) electrons. The first-order valence-electron chi connectivity index (χ1n) is 5.11. The van der Waals surface area contributed by atoms with Crippen molar-refractivity contribution < 1.29 is 22.8 Å². The third kappa shape index (κ3) is 3.76. The Hall–Kier alpha value is -2.05. The van der Waals surface area contributed by atoms with Crippen molar-refractivity contribution in [3.63, 3.8) is 0 Å². The molecule has 0 saturated carbocycles. The van der Waals surface area contributed by atoms with Gasteiger partial charge in [0.25, 0.3) is 5.91 Å². The average Bonchev–Trinajstić information content (AvgIpc) is 2.28. The van der Waals surface area contributed by atoms with Gasteiger partial charge in [0.15, 0.2) is 0 Å². The molecule has 0 aliphatic rings. The van der Waals surface area contributed by atoms with Crippen molar-refractivity contribution in [2.75, 3.05) is 11.9 Å². The van der Waals surface area contributed by atoms with E-state index in [0.29, 0.717) is 6.54 Å². The second-order valence-electron chi connectivity index (χ2n) is 3.39. The molecule has 2 N–H and O–H groups in total. The Morgan fingerprint density at radius 1 is 1.28 bits per heavy atom. The lowest BCUT2D eigenvalue weighted by Crippen LogP contribution is -2.30. The Kier molecular flexibility index (Phi) is 4.30. The summed E-state index contributed by atoms with van der Waals surface area (Å²) in [6.07, 6.45) is -4.96. The standard InChI is InChI=1S/C11H11F3N2O2/c1-2-15-9(17)7-4-3-5-8(6-7)16-10(18)11(12,13)14/h3-6H,2H2,1H3,(H,15,17)(H,16,18). The van der Waals surface area contributed by atoms with Gasteiger partial charge in [-0.15, -0.1) is 0 Å². The first-order chi connectivity index (χ1) is 8.34. The fourth-order valence-electron chi connectivity index (χ4n) is 1.20. The summed E-state index contributed by atoms with van der Waals surface area (Å²) in [6, 6.07) is 5.27. The predicted molar refractivity (Wildman–Crippen MR) is 59.1 cm³/mol. The summed E-state index contributed by atoms with van der Waals surface area (Å²) in [4.78, 5) is 22.1. The summed E-state index contributed by atoms with van der Waals surface area (Å²) in [6.45, 7) is 2.12. The maximum atomic E-state index is 12.0. The van der Waals surface area contributed by atoms with Gasteiger partial charge in [-0.1, -0.05) is 6.07 Å². The Labute approximate surface area is 101 Å². The van der Waals surface area contributed by atoms with Gasteiger partial charge >= 0.3 is 12.1 Å². The number of carbonyl (C=O) groups excluding carboxylic acids is 2. The smallest absolute Gasteiger partial charge is 0.352 e. The number of benzene rings is 1. The Balaban J connectivity index is 2.83. The van der Waals surface area contributed by atoms with E-state index in [1.165, 1.54) is 24.3 Å². The normalized spacial score (nSPS) is 10.9. The molecule has 1 aromatic rings. The first-order valence-corrected chi connectivity index (χ1v) is 5.11. The van der Waals surface area contributed by atoms with E-state index in [9.17, 15) is 22.8 Å². The van der Waals surface area contributed by atoms with E-state index in [4.69, 9.17) is 0 Å². The van der Waals surface area contributed by atoms with Crippen molar-refractivity contribution in [1.82, 2.24) is 5.32 Å². The Bertz CT molecular complexity index is 458. The monoisotopic (exact) mass is 260 g/mol. The van der Waals surface area contributed by atoms with Crippen LogP contribution in [0.4, 0.5) is 18.9 Å². The zero-order valence-electron chi connectivity index (χ0n) is 9.47. The largest absolute Gasteiger partial charge is 0.471 e. The van der Waals surface area contributed by atoms with Crippen LogP contribution in [0.15, 0.2) is 24.3 Å². The molecule has 7 heteroatoms. The lowest BCUT2D eigenvalue weighted by Gasteiger charge is -2.09. The molecule has 0 saturated heterocycles. The molecule has 0 aliphatic heterocycles. The van der Waals surface area contributed by atoms with Crippen molar-refractivity contribution in [2.24, 2.45) is 0 Å². The highest BCUT2D eigenvalue weighted by Gasteiger charge is 2.38. The number of alkyl halides is 3. The molecule has 1 rings (SSSR count). The molecule has 0 fully saturated rings. The van der Waals surface area contributed by atoms with Crippen LogP contribution in [-0.2, 0) is 4.79 Å². The molecule has 18 heavy (non-hydrogen) atoms. The summed E-state index contributed by atoms with van der Waals surface area (Å²) in [5, 5.41) is 4.17. The summed E-state index contributed by atoms with van der Waals surface area (Å²) >= 11 is 0. The van der Waals surface area contributed by atoms with Gasteiger partial charge in [-0.25, -0.2) is 0 Å². The second kappa shape index (κ2) is 5.52. The molecule has 0 atom stereocenters. The van der Waals surface area contributed by atoms with Gasteiger partial charge < -0.3 is 10.6 Å². The molecule has 98 valence electrons. The number of hydrogen-bond donors (Lipinski definition) is 2. The molecule has 0 bridgehead atoms. The van der Waals surface area contributed by atoms with Gasteiger partial charge in [0.1, 0.15) is 0 Å². The summed E-state index contributed by atoms with van der Waals surface area (Å²) < 4.78 is 36.1.